The molecular formula is C15H24N2O3S. The number of hydrogen-bond donors (Lipinski definition) is 2. The highest BCUT2D eigenvalue weighted by atomic mass is 32.2. The van der Waals surface area contributed by atoms with Crippen LogP contribution in [0.4, 0.5) is 0 Å². The van der Waals surface area contributed by atoms with Gasteiger partial charge in [0.05, 0.1) is 11.5 Å². The molecule has 0 saturated carbocycles. The molecular weight excluding hydrogens is 288 g/mol. The van der Waals surface area contributed by atoms with Gasteiger partial charge in [-0.3, -0.25) is 0 Å². The molecule has 0 radical (unpaired) electrons. The van der Waals surface area contributed by atoms with Gasteiger partial charge in [-0.05, 0) is 50.4 Å². The largest absolute Gasteiger partial charge is 0.395 e. The third-order valence-electron chi connectivity index (χ3n) is 3.90. The van der Waals surface area contributed by atoms with Gasteiger partial charge < -0.3 is 10.4 Å². The third kappa shape index (κ3) is 3.83. The van der Waals surface area contributed by atoms with E-state index in [-0.39, 0.29) is 19.2 Å². The van der Waals surface area contributed by atoms with Crippen molar-refractivity contribution in [3.05, 3.63) is 29.3 Å². The van der Waals surface area contributed by atoms with Gasteiger partial charge in [-0.1, -0.05) is 12.1 Å². The predicted octanol–water partition coefficient (Wildman–Crippen LogP) is 1.04. The zero-order valence-corrected chi connectivity index (χ0v) is 13.5. The molecule has 6 heteroatoms. The summed E-state index contributed by atoms with van der Waals surface area (Å²) in [6, 6.07) is 5.62. The minimum Gasteiger partial charge on any atom is -0.395 e. The standard InChI is InChI=1S/C15H24N2O3S/c1-12-5-6-13(2)15(10-12)21(19,20)17(8-9-18)11-14-4-3-7-16-14/h5-6,10,14,16,18H,3-4,7-9,11H2,1-2H3. The lowest BCUT2D eigenvalue weighted by atomic mass is 10.2. The first-order valence-electron chi connectivity index (χ1n) is 7.37. The van der Waals surface area contributed by atoms with E-state index in [2.05, 4.69) is 5.32 Å². The quantitative estimate of drug-likeness (QED) is 0.823. The number of aliphatic hydroxyl groups is 1. The monoisotopic (exact) mass is 312 g/mol. The highest BCUT2D eigenvalue weighted by Gasteiger charge is 2.29. The fourth-order valence-electron chi connectivity index (χ4n) is 2.70. The summed E-state index contributed by atoms with van der Waals surface area (Å²) in [6.45, 7) is 4.99. The van der Waals surface area contributed by atoms with Crippen molar-refractivity contribution in [3.63, 3.8) is 0 Å². The Morgan fingerprint density at radius 2 is 2.14 bits per heavy atom. The second kappa shape index (κ2) is 6.87. The first kappa shape index (κ1) is 16.4. The van der Waals surface area contributed by atoms with Crippen LogP contribution in [0.1, 0.15) is 24.0 Å². The van der Waals surface area contributed by atoms with Crippen molar-refractivity contribution < 1.29 is 13.5 Å². The number of benzene rings is 1. The van der Waals surface area contributed by atoms with E-state index < -0.39 is 10.0 Å². The molecule has 1 aliphatic rings. The van der Waals surface area contributed by atoms with Crippen molar-refractivity contribution in [1.82, 2.24) is 9.62 Å². The molecule has 21 heavy (non-hydrogen) atoms. The number of nitrogens with one attached hydrogen (secondary N) is 1. The Kier molecular flexibility index (Phi) is 5.37. The number of sulfonamides is 1. The summed E-state index contributed by atoms with van der Waals surface area (Å²) >= 11 is 0. The Hall–Kier alpha value is -0.950. The van der Waals surface area contributed by atoms with E-state index in [0.29, 0.717) is 11.4 Å². The average Bonchev–Trinajstić information content (AvgIpc) is 2.94. The van der Waals surface area contributed by atoms with Crippen LogP contribution < -0.4 is 5.32 Å². The molecule has 1 heterocycles. The zero-order valence-electron chi connectivity index (χ0n) is 12.7. The van der Waals surface area contributed by atoms with Crippen molar-refractivity contribution in [2.75, 3.05) is 26.2 Å². The number of hydrogen-bond acceptors (Lipinski definition) is 4. The van der Waals surface area contributed by atoms with Crippen LogP contribution in [0.25, 0.3) is 0 Å². The fraction of sp³-hybridized carbons (Fsp3) is 0.600. The topological polar surface area (TPSA) is 69.6 Å². The van der Waals surface area contributed by atoms with E-state index >= 15 is 0 Å². The minimum atomic E-state index is -3.57. The summed E-state index contributed by atoms with van der Waals surface area (Å²) in [5.41, 5.74) is 1.66. The molecule has 1 aromatic rings. The molecule has 0 amide bonds. The van der Waals surface area contributed by atoms with E-state index in [1.807, 2.05) is 19.1 Å². The highest BCUT2D eigenvalue weighted by molar-refractivity contribution is 7.89. The Balaban J connectivity index is 2.29. The molecule has 2 N–H and O–H groups in total. The molecule has 0 spiro atoms. The molecule has 5 nitrogen and oxygen atoms in total. The first-order chi connectivity index (χ1) is 9.95. The summed E-state index contributed by atoms with van der Waals surface area (Å²) in [5.74, 6) is 0. The fourth-order valence-corrected chi connectivity index (χ4v) is 4.49. The average molecular weight is 312 g/mol. The lowest BCUT2D eigenvalue weighted by molar-refractivity contribution is 0.246. The van der Waals surface area contributed by atoms with E-state index in [0.717, 1.165) is 30.5 Å². The maximum atomic E-state index is 12.9. The molecule has 1 aromatic carbocycles. The summed E-state index contributed by atoms with van der Waals surface area (Å²) in [5, 5.41) is 12.5. The van der Waals surface area contributed by atoms with Crippen LogP contribution in [0, 0.1) is 13.8 Å². The van der Waals surface area contributed by atoms with E-state index in [9.17, 15) is 13.5 Å². The zero-order chi connectivity index (χ0) is 15.5. The van der Waals surface area contributed by atoms with Gasteiger partial charge in [0, 0.05) is 19.1 Å². The highest BCUT2D eigenvalue weighted by Crippen LogP contribution is 2.22. The maximum Gasteiger partial charge on any atom is 0.243 e. The van der Waals surface area contributed by atoms with Crippen LogP contribution in [0.5, 0.6) is 0 Å². The summed E-state index contributed by atoms with van der Waals surface area (Å²) in [4.78, 5) is 0.342. The summed E-state index contributed by atoms with van der Waals surface area (Å²) in [6.07, 6.45) is 2.05. The molecule has 1 atom stereocenters. The second-order valence-electron chi connectivity index (χ2n) is 5.65. The van der Waals surface area contributed by atoms with Crippen molar-refractivity contribution in [3.8, 4) is 0 Å². The van der Waals surface area contributed by atoms with Gasteiger partial charge in [0.2, 0.25) is 10.0 Å². The van der Waals surface area contributed by atoms with Crippen molar-refractivity contribution >= 4 is 10.0 Å². The molecule has 118 valence electrons. The number of aliphatic hydroxyl groups excluding tert-OH is 1. The van der Waals surface area contributed by atoms with Crippen LogP contribution in [0.15, 0.2) is 23.1 Å². The number of nitrogens with zero attached hydrogens (tertiary/aromatic N) is 1. The number of rotatable bonds is 6. The minimum absolute atomic E-state index is 0.133. The van der Waals surface area contributed by atoms with Crippen LogP contribution in [-0.2, 0) is 10.0 Å². The normalized spacial score (nSPS) is 19.3. The van der Waals surface area contributed by atoms with Gasteiger partial charge in [-0.25, -0.2) is 8.42 Å². The van der Waals surface area contributed by atoms with E-state index in [1.165, 1.54) is 4.31 Å². The lowest BCUT2D eigenvalue weighted by Gasteiger charge is -2.25. The third-order valence-corrected chi connectivity index (χ3v) is 5.90. The van der Waals surface area contributed by atoms with Gasteiger partial charge in [0.15, 0.2) is 0 Å². The van der Waals surface area contributed by atoms with Crippen molar-refractivity contribution in [1.29, 1.82) is 0 Å². The van der Waals surface area contributed by atoms with E-state index in [1.54, 1.807) is 13.0 Å². The van der Waals surface area contributed by atoms with Gasteiger partial charge >= 0.3 is 0 Å². The Labute approximate surface area is 127 Å². The van der Waals surface area contributed by atoms with E-state index in [4.69, 9.17) is 0 Å². The molecule has 1 aliphatic heterocycles. The summed E-state index contributed by atoms with van der Waals surface area (Å²) in [7, 11) is -3.57. The Morgan fingerprint density at radius 3 is 2.76 bits per heavy atom. The Morgan fingerprint density at radius 1 is 1.38 bits per heavy atom. The SMILES string of the molecule is Cc1ccc(C)c(S(=O)(=O)N(CCO)CC2CCCN2)c1. The van der Waals surface area contributed by atoms with Crippen molar-refractivity contribution in [2.24, 2.45) is 0 Å². The molecule has 2 rings (SSSR count). The molecule has 1 fully saturated rings. The Bertz CT molecular complexity index is 581. The molecule has 0 aliphatic carbocycles. The van der Waals surface area contributed by atoms with Crippen molar-refractivity contribution in [2.45, 2.75) is 37.6 Å². The first-order valence-corrected chi connectivity index (χ1v) is 8.81. The smallest absolute Gasteiger partial charge is 0.243 e. The van der Waals surface area contributed by atoms with Gasteiger partial charge in [0.1, 0.15) is 0 Å². The second-order valence-corrected chi connectivity index (χ2v) is 7.56. The summed E-state index contributed by atoms with van der Waals surface area (Å²) < 4.78 is 27.1. The lowest BCUT2D eigenvalue weighted by Crippen LogP contribution is -2.42. The molecule has 0 aromatic heterocycles. The molecule has 1 unspecified atom stereocenters. The van der Waals surface area contributed by atoms with Gasteiger partial charge in [-0.2, -0.15) is 4.31 Å². The van der Waals surface area contributed by atoms with Crippen LogP contribution >= 0.6 is 0 Å². The van der Waals surface area contributed by atoms with Crippen LogP contribution in [-0.4, -0.2) is 50.1 Å². The molecule has 1 saturated heterocycles. The predicted molar refractivity (Wildman–Crippen MR) is 82.8 cm³/mol. The van der Waals surface area contributed by atoms with Gasteiger partial charge in [-0.15, -0.1) is 0 Å². The maximum absolute atomic E-state index is 12.9. The van der Waals surface area contributed by atoms with Crippen LogP contribution in [0.2, 0.25) is 0 Å². The molecule has 0 bridgehead atoms. The van der Waals surface area contributed by atoms with Gasteiger partial charge in [0.25, 0.3) is 0 Å². The van der Waals surface area contributed by atoms with Crippen LogP contribution in [0.3, 0.4) is 0 Å². The number of aryl methyl sites for hydroxylation is 2.